The van der Waals surface area contributed by atoms with Crippen LogP contribution in [0.15, 0.2) is 23.8 Å². The number of halogens is 2. The van der Waals surface area contributed by atoms with Gasteiger partial charge in [0.1, 0.15) is 0 Å². The Morgan fingerprint density at radius 1 is 1.38 bits per heavy atom. The highest BCUT2D eigenvalue weighted by Crippen LogP contribution is 2.22. The van der Waals surface area contributed by atoms with Crippen LogP contribution in [0.3, 0.4) is 0 Å². The molecule has 0 saturated carbocycles. The number of rotatable bonds is 4. The van der Waals surface area contributed by atoms with Crippen molar-refractivity contribution >= 4 is 29.3 Å². The van der Waals surface area contributed by atoms with Crippen LogP contribution in [0, 0.1) is 0 Å². The number of hydrogen-bond donors (Lipinski definition) is 1. The fraction of sp³-hybridized carbons (Fsp3) is 0.385. The van der Waals surface area contributed by atoms with E-state index in [0.717, 1.165) is 17.1 Å². The first-order valence-corrected chi connectivity index (χ1v) is 6.10. The molecule has 1 nitrogen and oxygen atoms in total. The van der Waals surface area contributed by atoms with Crippen LogP contribution in [0.4, 0.5) is 0 Å². The Morgan fingerprint density at radius 3 is 2.69 bits per heavy atom. The number of hydrogen-bond acceptors (Lipinski definition) is 1. The van der Waals surface area contributed by atoms with E-state index in [1.807, 2.05) is 12.1 Å². The van der Waals surface area contributed by atoms with Gasteiger partial charge in [-0.05, 0) is 30.7 Å². The van der Waals surface area contributed by atoms with Crippen LogP contribution in [-0.4, -0.2) is 12.6 Å². The molecule has 0 aromatic heterocycles. The quantitative estimate of drug-likeness (QED) is 0.844. The van der Waals surface area contributed by atoms with Crippen LogP contribution in [0.1, 0.15) is 26.3 Å². The number of benzene rings is 1. The fourth-order valence-electron chi connectivity index (χ4n) is 1.31. The van der Waals surface area contributed by atoms with Gasteiger partial charge in [0.2, 0.25) is 0 Å². The molecule has 0 aliphatic heterocycles. The van der Waals surface area contributed by atoms with Crippen LogP contribution < -0.4 is 5.32 Å². The minimum Gasteiger partial charge on any atom is -0.311 e. The zero-order valence-electron chi connectivity index (χ0n) is 9.85. The first-order chi connectivity index (χ1) is 7.49. The van der Waals surface area contributed by atoms with E-state index in [1.54, 1.807) is 6.07 Å². The zero-order valence-corrected chi connectivity index (χ0v) is 11.4. The van der Waals surface area contributed by atoms with Crippen LogP contribution in [0.5, 0.6) is 0 Å². The summed E-state index contributed by atoms with van der Waals surface area (Å²) < 4.78 is 0. The van der Waals surface area contributed by atoms with Gasteiger partial charge in [-0.25, -0.2) is 0 Å². The maximum atomic E-state index is 6.08. The minimum atomic E-state index is 0.484. The molecular formula is C13H17Cl2N. The molecule has 0 radical (unpaired) electrons. The highest BCUT2D eigenvalue weighted by atomic mass is 35.5. The number of nitrogens with one attached hydrogen (secondary N) is 1. The predicted octanol–water partition coefficient (Wildman–Crippen LogP) is 4.39. The van der Waals surface area contributed by atoms with E-state index in [2.05, 4.69) is 32.2 Å². The highest BCUT2D eigenvalue weighted by Gasteiger charge is 2.00. The molecule has 0 unspecified atom stereocenters. The van der Waals surface area contributed by atoms with Gasteiger partial charge in [-0.1, -0.05) is 48.7 Å². The van der Waals surface area contributed by atoms with E-state index >= 15 is 0 Å². The average Bonchev–Trinajstić information content (AvgIpc) is 2.20. The van der Waals surface area contributed by atoms with Gasteiger partial charge in [0.05, 0.1) is 0 Å². The summed E-state index contributed by atoms with van der Waals surface area (Å²) in [5.41, 5.74) is 2.20. The Bertz CT molecular complexity index is 384. The maximum Gasteiger partial charge on any atom is 0.0479 e. The van der Waals surface area contributed by atoms with Crippen LogP contribution >= 0.6 is 23.2 Å². The average molecular weight is 258 g/mol. The van der Waals surface area contributed by atoms with E-state index in [-0.39, 0.29) is 0 Å². The summed E-state index contributed by atoms with van der Waals surface area (Å²) in [5.74, 6) is 0. The van der Waals surface area contributed by atoms with Crippen molar-refractivity contribution in [3.05, 3.63) is 39.4 Å². The monoisotopic (exact) mass is 257 g/mol. The second-order valence-corrected chi connectivity index (χ2v) is 5.04. The molecule has 1 aromatic carbocycles. The zero-order chi connectivity index (χ0) is 12.1. The highest BCUT2D eigenvalue weighted by molar-refractivity contribution is 6.34. The van der Waals surface area contributed by atoms with Crippen LogP contribution in [0.2, 0.25) is 10.0 Å². The minimum absolute atomic E-state index is 0.484. The molecule has 16 heavy (non-hydrogen) atoms. The van der Waals surface area contributed by atoms with Crippen molar-refractivity contribution in [1.82, 2.24) is 5.32 Å². The van der Waals surface area contributed by atoms with Crippen molar-refractivity contribution in [3.63, 3.8) is 0 Å². The van der Waals surface area contributed by atoms with Crippen molar-refractivity contribution in [2.24, 2.45) is 0 Å². The van der Waals surface area contributed by atoms with Gasteiger partial charge in [-0.2, -0.15) is 0 Å². The SMILES string of the molecule is C/C(=C\c1cc(Cl)ccc1Cl)CNC(C)C. The van der Waals surface area contributed by atoms with Crippen molar-refractivity contribution in [1.29, 1.82) is 0 Å². The van der Waals surface area contributed by atoms with E-state index in [0.29, 0.717) is 11.1 Å². The molecule has 0 spiro atoms. The van der Waals surface area contributed by atoms with Crippen molar-refractivity contribution in [2.45, 2.75) is 26.8 Å². The molecule has 0 atom stereocenters. The van der Waals surface area contributed by atoms with E-state index in [4.69, 9.17) is 23.2 Å². The smallest absolute Gasteiger partial charge is 0.0479 e. The van der Waals surface area contributed by atoms with E-state index in [9.17, 15) is 0 Å². The molecular weight excluding hydrogens is 241 g/mol. The summed E-state index contributed by atoms with van der Waals surface area (Å²) in [4.78, 5) is 0. The second kappa shape index (κ2) is 6.29. The molecule has 1 aromatic rings. The third-order valence-corrected chi connectivity index (χ3v) is 2.73. The lowest BCUT2D eigenvalue weighted by Crippen LogP contribution is -2.24. The molecule has 0 heterocycles. The molecule has 3 heteroatoms. The summed E-state index contributed by atoms with van der Waals surface area (Å²) in [6.07, 6.45) is 2.06. The lowest BCUT2D eigenvalue weighted by Gasteiger charge is -2.08. The van der Waals surface area contributed by atoms with Crippen molar-refractivity contribution in [3.8, 4) is 0 Å². The lowest BCUT2D eigenvalue weighted by molar-refractivity contribution is 0.623. The summed E-state index contributed by atoms with van der Waals surface area (Å²) >= 11 is 12.0. The topological polar surface area (TPSA) is 12.0 Å². The Hall–Kier alpha value is -0.500. The molecule has 1 N–H and O–H groups in total. The van der Waals surface area contributed by atoms with Crippen molar-refractivity contribution in [2.75, 3.05) is 6.54 Å². The second-order valence-electron chi connectivity index (χ2n) is 4.19. The van der Waals surface area contributed by atoms with E-state index < -0.39 is 0 Å². The van der Waals surface area contributed by atoms with Gasteiger partial charge in [0.15, 0.2) is 0 Å². The van der Waals surface area contributed by atoms with Gasteiger partial charge in [0, 0.05) is 22.6 Å². The third kappa shape index (κ3) is 4.56. The fourth-order valence-corrected chi connectivity index (χ4v) is 1.66. The Labute approximate surface area is 107 Å². The Morgan fingerprint density at radius 2 is 2.06 bits per heavy atom. The molecule has 0 amide bonds. The van der Waals surface area contributed by atoms with Crippen molar-refractivity contribution < 1.29 is 0 Å². The molecule has 0 bridgehead atoms. The van der Waals surface area contributed by atoms with Crippen LogP contribution in [-0.2, 0) is 0 Å². The molecule has 1 rings (SSSR count). The predicted molar refractivity (Wildman–Crippen MR) is 73.3 cm³/mol. The van der Waals surface area contributed by atoms with E-state index in [1.165, 1.54) is 5.57 Å². The van der Waals surface area contributed by atoms with Gasteiger partial charge in [-0.3, -0.25) is 0 Å². The molecule has 0 fully saturated rings. The Balaban J connectivity index is 2.77. The Kier molecular flexibility index (Phi) is 5.33. The first kappa shape index (κ1) is 13.6. The standard InChI is InChI=1S/C13H17Cl2N/c1-9(2)16-8-10(3)6-11-7-12(14)4-5-13(11)15/h4-7,9,16H,8H2,1-3H3/b10-6+. The largest absolute Gasteiger partial charge is 0.311 e. The summed E-state index contributed by atoms with van der Waals surface area (Å²) in [6, 6.07) is 5.98. The summed E-state index contributed by atoms with van der Waals surface area (Å²) in [6.45, 7) is 7.19. The molecule has 0 aliphatic carbocycles. The van der Waals surface area contributed by atoms with Gasteiger partial charge < -0.3 is 5.32 Å². The van der Waals surface area contributed by atoms with Gasteiger partial charge in [-0.15, -0.1) is 0 Å². The summed E-state index contributed by atoms with van der Waals surface area (Å²) in [5, 5.41) is 4.79. The molecule has 0 saturated heterocycles. The third-order valence-electron chi connectivity index (χ3n) is 2.15. The van der Waals surface area contributed by atoms with Gasteiger partial charge in [0.25, 0.3) is 0 Å². The molecule has 88 valence electrons. The normalized spacial score (nSPS) is 12.2. The lowest BCUT2D eigenvalue weighted by atomic mass is 10.1. The van der Waals surface area contributed by atoms with Crippen LogP contribution in [0.25, 0.3) is 6.08 Å². The maximum absolute atomic E-state index is 6.08. The molecule has 0 aliphatic rings. The van der Waals surface area contributed by atoms with Gasteiger partial charge >= 0.3 is 0 Å². The summed E-state index contributed by atoms with van der Waals surface area (Å²) in [7, 11) is 0. The first-order valence-electron chi connectivity index (χ1n) is 5.34.